The molecule has 1 aliphatic rings. The standard InChI is InChI=1S/C39H49N5O3Si/c1-26(2)48(27(3)4,28(5)6)22-19-31-24-35(45)44(33-13-11-10-12-14-33)36-34(31)25-40-37(42-36)41-32-16-15-29-17-20-43(21-18-30(29)23-32)38(46)47-39(7,8)9/h10-16,23-28H,17-18,20-21H2,1-9H3,(H,40,41,42). The van der Waals surface area contributed by atoms with E-state index in [9.17, 15) is 9.59 Å². The van der Waals surface area contributed by atoms with Crippen LogP contribution in [0.1, 0.15) is 79.0 Å². The van der Waals surface area contributed by atoms with E-state index >= 15 is 0 Å². The Morgan fingerprint density at radius 1 is 0.917 bits per heavy atom. The van der Waals surface area contributed by atoms with Gasteiger partial charge in [-0.25, -0.2) is 9.78 Å². The van der Waals surface area contributed by atoms with Crippen LogP contribution in [0.3, 0.4) is 0 Å². The molecule has 0 saturated heterocycles. The Bertz CT molecular complexity index is 1890. The Balaban J connectivity index is 1.53. The third-order valence-corrected chi connectivity index (χ3v) is 15.8. The molecule has 8 nitrogen and oxygen atoms in total. The fourth-order valence-electron chi connectivity index (χ4n) is 7.14. The second-order valence-electron chi connectivity index (χ2n) is 14.7. The first kappa shape index (κ1) is 34.9. The lowest BCUT2D eigenvalue weighted by molar-refractivity contribution is 0.0258. The zero-order valence-electron chi connectivity index (χ0n) is 29.8. The third kappa shape index (κ3) is 7.34. The Morgan fingerprint density at radius 2 is 1.56 bits per heavy atom. The molecule has 252 valence electrons. The number of rotatable bonds is 6. The number of aromatic nitrogens is 3. The van der Waals surface area contributed by atoms with Crippen LogP contribution in [0.2, 0.25) is 16.6 Å². The predicted molar refractivity (Wildman–Crippen MR) is 198 cm³/mol. The minimum absolute atomic E-state index is 0.187. The fourth-order valence-corrected chi connectivity index (χ4v) is 12.4. The van der Waals surface area contributed by atoms with Crippen molar-refractivity contribution in [3.63, 3.8) is 0 Å². The van der Waals surface area contributed by atoms with Gasteiger partial charge in [0.15, 0.2) is 5.65 Å². The number of anilines is 2. The number of nitrogens with zero attached hydrogens (tertiary/aromatic N) is 4. The largest absolute Gasteiger partial charge is 0.444 e. The number of para-hydroxylation sites is 1. The summed E-state index contributed by atoms with van der Waals surface area (Å²) in [5, 5.41) is 4.11. The highest BCUT2D eigenvalue weighted by molar-refractivity contribution is 6.90. The number of nitrogens with one attached hydrogen (secondary N) is 1. The SMILES string of the molecule is CC(C)[Si](C#Cc1cc(=O)n(-c2ccccc2)c2nc(Nc3ccc4c(c3)CCN(C(=O)OC(C)(C)C)CC4)ncc12)(C(C)C)C(C)C. The van der Waals surface area contributed by atoms with Gasteiger partial charge in [-0.1, -0.05) is 71.7 Å². The Morgan fingerprint density at radius 3 is 2.19 bits per heavy atom. The molecule has 48 heavy (non-hydrogen) atoms. The molecule has 2 aromatic carbocycles. The van der Waals surface area contributed by atoms with E-state index < -0.39 is 13.7 Å². The van der Waals surface area contributed by atoms with Crippen LogP contribution in [0.25, 0.3) is 16.7 Å². The van der Waals surface area contributed by atoms with E-state index in [1.54, 1.807) is 21.7 Å². The summed E-state index contributed by atoms with van der Waals surface area (Å²) in [6.45, 7) is 20.6. The molecule has 4 aromatic rings. The van der Waals surface area contributed by atoms with Gasteiger partial charge >= 0.3 is 6.09 Å². The fraction of sp³-hybridized carbons (Fsp3) is 0.436. The van der Waals surface area contributed by atoms with E-state index in [1.165, 1.54) is 11.1 Å². The Labute approximate surface area is 286 Å². The highest BCUT2D eigenvalue weighted by atomic mass is 28.3. The van der Waals surface area contributed by atoms with Gasteiger partial charge in [-0.15, -0.1) is 5.54 Å². The maximum absolute atomic E-state index is 13.8. The molecular formula is C39H49N5O3Si. The van der Waals surface area contributed by atoms with Crippen LogP contribution in [0, 0.1) is 11.5 Å². The molecule has 0 fully saturated rings. The van der Waals surface area contributed by atoms with Gasteiger partial charge in [0.25, 0.3) is 5.56 Å². The average molecular weight is 664 g/mol. The Kier molecular flexibility index (Phi) is 10.2. The number of ether oxygens (including phenoxy) is 1. The van der Waals surface area contributed by atoms with Crippen molar-refractivity contribution in [1.82, 2.24) is 19.4 Å². The summed E-state index contributed by atoms with van der Waals surface area (Å²) in [6, 6.07) is 17.4. The van der Waals surface area contributed by atoms with Gasteiger partial charge in [0.2, 0.25) is 5.95 Å². The zero-order chi connectivity index (χ0) is 34.8. The monoisotopic (exact) mass is 663 g/mol. The van der Waals surface area contributed by atoms with Gasteiger partial charge in [-0.3, -0.25) is 9.36 Å². The summed E-state index contributed by atoms with van der Waals surface area (Å²) in [6.07, 6.45) is 2.96. The summed E-state index contributed by atoms with van der Waals surface area (Å²) in [4.78, 5) is 37.9. The van der Waals surface area contributed by atoms with E-state index in [0.717, 1.165) is 23.2 Å². The first-order valence-corrected chi connectivity index (χ1v) is 19.3. The minimum Gasteiger partial charge on any atom is -0.444 e. The van der Waals surface area contributed by atoms with Crippen molar-refractivity contribution in [2.75, 3.05) is 18.4 Å². The van der Waals surface area contributed by atoms with Crippen molar-refractivity contribution in [2.24, 2.45) is 0 Å². The maximum atomic E-state index is 13.8. The molecular weight excluding hydrogens is 615 g/mol. The predicted octanol–water partition coefficient (Wildman–Crippen LogP) is 8.43. The van der Waals surface area contributed by atoms with Gasteiger partial charge in [-0.2, -0.15) is 4.98 Å². The molecule has 0 unspecified atom stereocenters. The lowest BCUT2D eigenvalue weighted by Gasteiger charge is -2.38. The molecule has 0 radical (unpaired) electrons. The molecule has 1 aliphatic heterocycles. The third-order valence-electron chi connectivity index (χ3n) is 9.47. The number of hydrogen-bond donors (Lipinski definition) is 1. The van der Waals surface area contributed by atoms with Crippen molar-refractivity contribution in [3.8, 4) is 17.2 Å². The molecule has 0 bridgehead atoms. The van der Waals surface area contributed by atoms with E-state index in [2.05, 4.69) is 70.5 Å². The molecule has 9 heteroatoms. The first-order chi connectivity index (χ1) is 22.7. The number of fused-ring (bicyclic) bond motifs is 2. The molecule has 0 atom stereocenters. The van der Waals surface area contributed by atoms with Gasteiger partial charge in [0, 0.05) is 36.6 Å². The smallest absolute Gasteiger partial charge is 0.410 e. The number of carbonyl (C=O) groups is 1. The highest BCUT2D eigenvalue weighted by Gasteiger charge is 2.41. The second kappa shape index (κ2) is 14.0. The van der Waals surface area contributed by atoms with Crippen molar-refractivity contribution in [3.05, 3.63) is 87.8 Å². The molecule has 5 rings (SSSR count). The van der Waals surface area contributed by atoms with Crippen LogP contribution >= 0.6 is 0 Å². The van der Waals surface area contributed by atoms with Crippen molar-refractivity contribution >= 4 is 36.8 Å². The van der Waals surface area contributed by atoms with E-state index in [4.69, 9.17) is 14.7 Å². The zero-order valence-corrected chi connectivity index (χ0v) is 30.8. The van der Waals surface area contributed by atoms with Gasteiger partial charge in [-0.05, 0) is 85.6 Å². The van der Waals surface area contributed by atoms with Crippen LogP contribution in [-0.4, -0.2) is 52.3 Å². The van der Waals surface area contributed by atoms with Crippen LogP contribution in [-0.2, 0) is 17.6 Å². The van der Waals surface area contributed by atoms with Gasteiger partial charge in [0.05, 0.1) is 11.1 Å². The normalized spacial score (nSPS) is 13.7. The average Bonchev–Trinajstić information content (AvgIpc) is 3.23. The molecule has 0 saturated carbocycles. The Hall–Kier alpha value is -4.42. The molecule has 0 aliphatic carbocycles. The van der Waals surface area contributed by atoms with Crippen LogP contribution in [0.15, 0.2) is 65.6 Å². The van der Waals surface area contributed by atoms with Crippen LogP contribution < -0.4 is 10.9 Å². The van der Waals surface area contributed by atoms with Crippen molar-refractivity contribution in [2.45, 2.75) is 97.4 Å². The van der Waals surface area contributed by atoms with Crippen molar-refractivity contribution in [1.29, 1.82) is 0 Å². The first-order valence-electron chi connectivity index (χ1n) is 17.1. The summed E-state index contributed by atoms with van der Waals surface area (Å²) < 4.78 is 7.25. The quantitative estimate of drug-likeness (QED) is 0.165. The number of pyridine rings is 1. The number of carbonyl (C=O) groups excluding carboxylic acids is 1. The van der Waals surface area contributed by atoms with E-state index in [1.807, 2.05) is 57.2 Å². The van der Waals surface area contributed by atoms with E-state index in [0.29, 0.717) is 53.3 Å². The lowest BCUT2D eigenvalue weighted by atomic mass is 10.0. The van der Waals surface area contributed by atoms with Crippen molar-refractivity contribution < 1.29 is 9.53 Å². The number of benzene rings is 2. The van der Waals surface area contributed by atoms with Gasteiger partial charge < -0.3 is 15.0 Å². The highest BCUT2D eigenvalue weighted by Crippen LogP contribution is 2.41. The summed E-state index contributed by atoms with van der Waals surface area (Å²) in [7, 11) is -2.04. The molecule has 0 spiro atoms. The molecule has 1 amide bonds. The van der Waals surface area contributed by atoms with Crippen LogP contribution in [0.4, 0.5) is 16.4 Å². The maximum Gasteiger partial charge on any atom is 0.410 e. The van der Waals surface area contributed by atoms with E-state index in [-0.39, 0.29) is 11.7 Å². The summed E-state index contributed by atoms with van der Waals surface area (Å²) in [5.41, 5.74) is 9.55. The number of hydrogen-bond acceptors (Lipinski definition) is 6. The molecule has 2 aromatic heterocycles. The minimum atomic E-state index is -2.04. The topological polar surface area (TPSA) is 89.4 Å². The summed E-state index contributed by atoms with van der Waals surface area (Å²) in [5.74, 6) is 3.87. The van der Waals surface area contributed by atoms with Crippen LogP contribution in [0.5, 0.6) is 0 Å². The summed E-state index contributed by atoms with van der Waals surface area (Å²) >= 11 is 0. The number of amides is 1. The molecule has 3 heterocycles. The van der Waals surface area contributed by atoms with Gasteiger partial charge in [0.1, 0.15) is 13.7 Å². The molecule has 1 N–H and O–H groups in total. The lowest BCUT2D eigenvalue weighted by Crippen LogP contribution is -2.43. The second-order valence-corrected chi connectivity index (χ2v) is 20.3.